The third-order valence-corrected chi connectivity index (χ3v) is 6.24. The first-order valence-corrected chi connectivity index (χ1v) is 11.4. The quantitative estimate of drug-likeness (QED) is 0.426. The number of aromatic hydroxyl groups is 1. The lowest BCUT2D eigenvalue weighted by atomic mass is 10.1. The van der Waals surface area contributed by atoms with Crippen LogP contribution >= 0.6 is 0 Å². The first-order valence-electron chi connectivity index (χ1n) is 9.90. The highest BCUT2D eigenvalue weighted by Gasteiger charge is 2.21. The number of phenolic OH excluding ortho intramolecular Hbond substituents is 1. The summed E-state index contributed by atoms with van der Waals surface area (Å²) in [5.41, 5.74) is 0.916. The Kier molecular flexibility index (Phi) is 7.52. The second kappa shape index (κ2) is 10.3. The molecule has 0 aliphatic heterocycles. The van der Waals surface area contributed by atoms with Gasteiger partial charge in [-0.1, -0.05) is 12.2 Å². The summed E-state index contributed by atoms with van der Waals surface area (Å²) in [5, 5.41) is 9.44. The van der Waals surface area contributed by atoms with Crippen LogP contribution in [0, 0.1) is 5.82 Å². The van der Waals surface area contributed by atoms with E-state index >= 15 is 0 Å². The summed E-state index contributed by atoms with van der Waals surface area (Å²) in [5.74, 6) is 0.201. The van der Waals surface area contributed by atoms with Gasteiger partial charge >= 0.3 is 0 Å². The van der Waals surface area contributed by atoms with Gasteiger partial charge in [0, 0.05) is 5.56 Å². The number of methoxy groups -OCH3 is 4. The molecule has 0 atom stereocenters. The highest BCUT2D eigenvalue weighted by atomic mass is 32.2. The van der Waals surface area contributed by atoms with Gasteiger partial charge in [-0.15, -0.1) is 0 Å². The molecule has 8 nitrogen and oxygen atoms in total. The molecule has 0 bridgehead atoms. The maximum atomic E-state index is 14.4. The highest BCUT2D eigenvalue weighted by molar-refractivity contribution is 7.92. The largest absolute Gasteiger partial charge is 0.508 e. The number of benzene rings is 3. The molecule has 3 aromatic carbocycles. The molecule has 0 aromatic heterocycles. The van der Waals surface area contributed by atoms with Gasteiger partial charge < -0.3 is 24.1 Å². The van der Waals surface area contributed by atoms with E-state index in [4.69, 9.17) is 18.9 Å². The first-order chi connectivity index (χ1) is 16.2. The lowest BCUT2D eigenvalue weighted by Gasteiger charge is -2.16. The fourth-order valence-corrected chi connectivity index (χ4v) is 4.31. The van der Waals surface area contributed by atoms with Crippen molar-refractivity contribution in [1.29, 1.82) is 0 Å². The third-order valence-electron chi connectivity index (χ3n) is 4.87. The van der Waals surface area contributed by atoms with Gasteiger partial charge in [0.1, 0.15) is 11.4 Å². The predicted octanol–water partition coefficient (Wildman–Crippen LogP) is 4.54. The smallest absolute Gasteiger partial charge is 0.262 e. The van der Waals surface area contributed by atoms with Crippen LogP contribution in [0.2, 0.25) is 0 Å². The molecule has 0 aliphatic carbocycles. The second-order valence-electron chi connectivity index (χ2n) is 6.94. The number of ether oxygens (including phenoxy) is 4. The maximum absolute atomic E-state index is 14.4. The summed E-state index contributed by atoms with van der Waals surface area (Å²) in [7, 11) is 1.60. The Morgan fingerprint density at radius 3 is 1.94 bits per heavy atom. The van der Waals surface area contributed by atoms with Crippen molar-refractivity contribution in [1.82, 2.24) is 0 Å². The van der Waals surface area contributed by atoms with Crippen LogP contribution in [0.15, 0.2) is 53.4 Å². The molecule has 0 saturated carbocycles. The van der Waals surface area contributed by atoms with Crippen molar-refractivity contribution in [2.24, 2.45) is 0 Å². The van der Waals surface area contributed by atoms with Crippen molar-refractivity contribution >= 4 is 27.9 Å². The van der Waals surface area contributed by atoms with E-state index < -0.39 is 15.8 Å². The molecule has 0 radical (unpaired) electrons. The minimum Gasteiger partial charge on any atom is -0.508 e. The van der Waals surface area contributed by atoms with E-state index in [-0.39, 0.29) is 22.1 Å². The molecule has 2 N–H and O–H groups in total. The van der Waals surface area contributed by atoms with Crippen molar-refractivity contribution < 1.29 is 36.9 Å². The molecular formula is C24H24FNO7S. The van der Waals surface area contributed by atoms with Gasteiger partial charge in [-0.2, -0.15) is 0 Å². The molecule has 0 spiro atoms. The molecule has 0 aliphatic rings. The van der Waals surface area contributed by atoms with Crippen molar-refractivity contribution in [2.75, 3.05) is 33.2 Å². The number of nitrogens with one attached hydrogen (secondary N) is 1. The second-order valence-corrected chi connectivity index (χ2v) is 8.62. The van der Waals surface area contributed by atoms with Crippen LogP contribution in [-0.2, 0) is 10.0 Å². The normalized spacial score (nSPS) is 11.3. The Morgan fingerprint density at radius 2 is 1.41 bits per heavy atom. The monoisotopic (exact) mass is 489 g/mol. The summed E-state index contributed by atoms with van der Waals surface area (Å²) in [6.07, 6.45) is 3.27. The van der Waals surface area contributed by atoms with E-state index in [1.807, 2.05) is 0 Å². The Bertz CT molecular complexity index is 1280. The van der Waals surface area contributed by atoms with Crippen LogP contribution in [-0.4, -0.2) is 42.0 Å². The fraction of sp³-hybridized carbons (Fsp3) is 0.167. The molecule has 0 fully saturated rings. The van der Waals surface area contributed by atoms with Crippen LogP contribution < -0.4 is 23.7 Å². The lowest BCUT2D eigenvalue weighted by Crippen LogP contribution is -2.15. The molecule has 34 heavy (non-hydrogen) atoms. The van der Waals surface area contributed by atoms with Gasteiger partial charge in [-0.05, 0) is 54.1 Å². The van der Waals surface area contributed by atoms with Crippen LogP contribution in [0.25, 0.3) is 12.2 Å². The number of sulfonamides is 1. The number of anilines is 1. The summed E-state index contributed by atoms with van der Waals surface area (Å²) in [6.45, 7) is 0. The van der Waals surface area contributed by atoms with Gasteiger partial charge in [0.25, 0.3) is 10.0 Å². The summed E-state index contributed by atoms with van der Waals surface area (Å²) in [4.78, 5) is -0.115. The van der Waals surface area contributed by atoms with Crippen molar-refractivity contribution in [3.05, 3.63) is 65.5 Å². The Morgan fingerprint density at radius 1 is 0.824 bits per heavy atom. The van der Waals surface area contributed by atoms with Gasteiger partial charge in [-0.25, -0.2) is 12.8 Å². The molecular weight excluding hydrogens is 465 g/mol. The van der Waals surface area contributed by atoms with E-state index in [2.05, 4.69) is 4.72 Å². The van der Waals surface area contributed by atoms with E-state index in [1.165, 1.54) is 64.8 Å². The van der Waals surface area contributed by atoms with Crippen LogP contribution in [0.3, 0.4) is 0 Å². The van der Waals surface area contributed by atoms with Gasteiger partial charge in [0.2, 0.25) is 5.75 Å². The lowest BCUT2D eigenvalue weighted by molar-refractivity contribution is 0.324. The number of phenols is 1. The number of halogens is 1. The van der Waals surface area contributed by atoms with Gasteiger partial charge in [0.05, 0.1) is 33.3 Å². The summed E-state index contributed by atoms with van der Waals surface area (Å²) in [6, 6.07) is 10.9. The molecule has 0 unspecified atom stereocenters. The first kappa shape index (κ1) is 24.7. The maximum Gasteiger partial charge on any atom is 0.262 e. The molecule has 180 valence electrons. The summed E-state index contributed by atoms with van der Waals surface area (Å²) < 4.78 is 63.8. The van der Waals surface area contributed by atoms with Crippen LogP contribution in [0.5, 0.6) is 28.7 Å². The predicted molar refractivity (Wildman–Crippen MR) is 127 cm³/mol. The molecule has 0 saturated heterocycles. The minimum absolute atomic E-state index is 0.0840. The third kappa shape index (κ3) is 5.18. The van der Waals surface area contributed by atoms with E-state index in [0.29, 0.717) is 28.4 Å². The average Bonchev–Trinajstić information content (AvgIpc) is 2.83. The average molecular weight is 490 g/mol. The molecule has 3 rings (SSSR count). The number of hydrogen-bond donors (Lipinski definition) is 2. The van der Waals surface area contributed by atoms with E-state index in [9.17, 15) is 17.9 Å². The Hall–Kier alpha value is -3.92. The number of hydrogen-bond acceptors (Lipinski definition) is 7. The van der Waals surface area contributed by atoms with Gasteiger partial charge in [0.15, 0.2) is 23.1 Å². The zero-order valence-electron chi connectivity index (χ0n) is 19.0. The van der Waals surface area contributed by atoms with Gasteiger partial charge in [-0.3, -0.25) is 4.72 Å². The zero-order valence-corrected chi connectivity index (χ0v) is 19.8. The standard InChI is InChI=1S/C24H24FNO7S/c1-30-20-13-15(14-21(31-2)24(20)33-4)5-6-16-7-12-19(25)23(32-3)22(16)26-34(28,29)18-10-8-17(27)9-11-18/h5-14,26-27H,1-4H3. The van der Waals surface area contributed by atoms with Crippen molar-refractivity contribution in [3.63, 3.8) is 0 Å². The fourth-order valence-electron chi connectivity index (χ4n) is 3.22. The van der Waals surface area contributed by atoms with Crippen molar-refractivity contribution in [3.8, 4) is 28.7 Å². The topological polar surface area (TPSA) is 103 Å². The molecule has 3 aromatic rings. The minimum atomic E-state index is -4.11. The van der Waals surface area contributed by atoms with E-state index in [1.54, 1.807) is 24.3 Å². The summed E-state index contributed by atoms with van der Waals surface area (Å²) >= 11 is 0. The molecule has 10 heteroatoms. The van der Waals surface area contributed by atoms with E-state index in [0.717, 1.165) is 0 Å². The van der Waals surface area contributed by atoms with Crippen molar-refractivity contribution in [2.45, 2.75) is 4.90 Å². The SMILES string of the molecule is COc1cc(C=Cc2ccc(F)c(OC)c2NS(=O)(=O)c2ccc(O)cc2)cc(OC)c1OC. The molecule has 0 amide bonds. The molecule has 0 heterocycles. The van der Waals surface area contributed by atoms with Crippen LogP contribution in [0.4, 0.5) is 10.1 Å². The Labute approximate surface area is 197 Å². The Balaban J connectivity index is 2.07. The van der Waals surface area contributed by atoms with Crippen LogP contribution in [0.1, 0.15) is 11.1 Å². The zero-order chi connectivity index (χ0) is 24.9. The highest BCUT2D eigenvalue weighted by Crippen LogP contribution is 2.39. The number of rotatable bonds is 9.